The van der Waals surface area contributed by atoms with Gasteiger partial charge in [-0.15, -0.1) is 0 Å². The Morgan fingerprint density at radius 1 is 0.970 bits per heavy atom. The number of nitrogens with zero attached hydrogens (tertiary/aromatic N) is 6. The lowest BCUT2D eigenvalue weighted by Gasteiger charge is -2.36. The van der Waals surface area contributed by atoms with Gasteiger partial charge in [-0.1, -0.05) is 0 Å². The van der Waals surface area contributed by atoms with Gasteiger partial charge in [-0.05, 0) is 63.4 Å². The molecule has 0 bridgehead atoms. The van der Waals surface area contributed by atoms with Gasteiger partial charge in [0.2, 0.25) is 0 Å². The van der Waals surface area contributed by atoms with Crippen LogP contribution < -0.4 is 9.80 Å². The van der Waals surface area contributed by atoms with E-state index in [1.165, 1.54) is 24.1 Å². The molecule has 1 amide bonds. The number of likely N-dealkylation sites (tertiary alicyclic amines) is 1. The van der Waals surface area contributed by atoms with Crippen molar-refractivity contribution in [3.05, 3.63) is 46.9 Å². The molecule has 7 heteroatoms. The summed E-state index contributed by atoms with van der Waals surface area (Å²) in [6, 6.07) is 8.14. The third-order valence-electron chi connectivity index (χ3n) is 7.32. The molecule has 2 aromatic rings. The molecule has 5 rings (SSSR count). The van der Waals surface area contributed by atoms with Gasteiger partial charge in [0.25, 0.3) is 5.91 Å². The van der Waals surface area contributed by atoms with E-state index in [9.17, 15) is 4.79 Å². The SMILES string of the molecule is CN1CCc2nc(C3CCCCN3C(=O)c3ccc(N4CCCC4)cc3)nc(N(C)C)c2C1. The average molecular weight is 449 g/mol. The summed E-state index contributed by atoms with van der Waals surface area (Å²) >= 11 is 0. The van der Waals surface area contributed by atoms with Gasteiger partial charge < -0.3 is 19.6 Å². The lowest BCUT2D eigenvalue weighted by Crippen LogP contribution is -2.40. The molecule has 176 valence electrons. The highest BCUT2D eigenvalue weighted by Gasteiger charge is 2.33. The van der Waals surface area contributed by atoms with Crippen LogP contribution in [-0.2, 0) is 13.0 Å². The first-order valence-electron chi connectivity index (χ1n) is 12.4. The van der Waals surface area contributed by atoms with E-state index in [-0.39, 0.29) is 11.9 Å². The number of carbonyl (C=O) groups is 1. The summed E-state index contributed by atoms with van der Waals surface area (Å²) < 4.78 is 0. The molecule has 0 spiro atoms. The first kappa shape index (κ1) is 22.1. The first-order valence-corrected chi connectivity index (χ1v) is 12.4. The normalized spacial score (nSPS) is 21.2. The van der Waals surface area contributed by atoms with Crippen LogP contribution in [0.2, 0.25) is 0 Å². The van der Waals surface area contributed by atoms with Crippen molar-refractivity contribution >= 4 is 17.4 Å². The van der Waals surface area contributed by atoms with Crippen LogP contribution in [0, 0.1) is 0 Å². The smallest absolute Gasteiger partial charge is 0.254 e. The minimum Gasteiger partial charge on any atom is -0.372 e. The molecule has 0 aliphatic carbocycles. The van der Waals surface area contributed by atoms with E-state index < -0.39 is 0 Å². The van der Waals surface area contributed by atoms with Crippen LogP contribution >= 0.6 is 0 Å². The molecule has 1 unspecified atom stereocenters. The summed E-state index contributed by atoms with van der Waals surface area (Å²) in [4.78, 5) is 32.5. The molecule has 2 fully saturated rings. The predicted molar refractivity (Wildman–Crippen MR) is 132 cm³/mol. The van der Waals surface area contributed by atoms with Gasteiger partial charge >= 0.3 is 0 Å². The highest BCUT2D eigenvalue weighted by molar-refractivity contribution is 5.95. The molecule has 1 aromatic heterocycles. The van der Waals surface area contributed by atoms with Crippen molar-refractivity contribution in [1.82, 2.24) is 19.8 Å². The largest absolute Gasteiger partial charge is 0.372 e. The lowest BCUT2D eigenvalue weighted by atomic mass is 9.98. The molecule has 1 atom stereocenters. The van der Waals surface area contributed by atoms with Gasteiger partial charge in [0, 0.05) is 70.1 Å². The second kappa shape index (κ2) is 9.29. The van der Waals surface area contributed by atoms with E-state index in [4.69, 9.17) is 9.97 Å². The Bertz CT molecular complexity index is 999. The Morgan fingerprint density at radius 2 is 1.70 bits per heavy atom. The summed E-state index contributed by atoms with van der Waals surface area (Å²) in [5.74, 6) is 1.90. The van der Waals surface area contributed by atoms with Gasteiger partial charge in [0.05, 0.1) is 11.7 Å². The monoisotopic (exact) mass is 448 g/mol. The second-order valence-electron chi connectivity index (χ2n) is 9.96. The average Bonchev–Trinajstić information content (AvgIpc) is 3.38. The van der Waals surface area contributed by atoms with Crippen molar-refractivity contribution in [2.24, 2.45) is 0 Å². The molecule has 0 N–H and O–H groups in total. The number of piperidine rings is 1. The van der Waals surface area contributed by atoms with Crippen LogP contribution in [0.25, 0.3) is 0 Å². The van der Waals surface area contributed by atoms with Crippen LogP contribution in [0.3, 0.4) is 0 Å². The first-order chi connectivity index (χ1) is 16.0. The Hall–Kier alpha value is -2.67. The van der Waals surface area contributed by atoms with Crippen molar-refractivity contribution in [2.75, 3.05) is 57.1 Å². The minimum absolute atomic E-state index is 0.0619. The predicted octanol–water partition coefficient (Wildman–Crippen LogP) is 3.50. The molecule has 3 aliphatic rings. The fourth-order valence-electron chi connectivity index (χ4n) is 5.47. The highest BCUT2D eigenvalue weighted by atomic mass is 16.2. The van der Waals surface area contributed by atoms with E-state index in [2.05, 4.69) is 33.9 Å². The third kappa shape index (κ3) is 4.43. The Balaban J connectivity index is 1.43. The number of anilines is 2. The number of hydrogen-bond donors (Lipinski definition) is 0. The zero-order chi connectivity index (χ0) is 22.9. The topological polar surface area (TPSA) is 55.8 Å². The van der Waals surface area contributed by atoms with Crippen molar-refractivity contribution in [1.29, 1.82) is 0 Å². The maximum absolute atomic E-state index is 13.6. The number of fused-ring (bicyclic) bond motifs is 1. The molecule has 33 heavy (non-hydrogen) atoms. The Labute approximate surface area is 197 Å². The van der Waals surface area contributed by atoms with Gasteiger partial charge in [0.15, 0.2) is 5.82 Å². The summed E-state index contributed by atoms with van der Waals surface area (Å²) in [6.07, 6.45) is 6.49. The fourth-order valence-corrected chi connectivity index (χ4v) is 5.47. The fraction of sp³-hybridized carbons (Fsp3) is 0.577. The Morgan fingerprint density at radius 3 is 2.42 bits per heavy atom. The van der Waals surface area contributed by atoms with E-state index >= 15 is 0 Å². The minimum atomic E-state index is -0.0619. The quantitative estimate of drug-likeness (QED) is 0.714. The number of carbonyl (C=O) groups excluding carboxylic acids is 1. The van der Waals surface area contributed by atoms with Crippen LogP contribution in [0.15, 0.2) is 24.3 Å². The third-order valence-corrected chi connectivity index (χ3v) is 7.32. The molecule has 0 saturated carbocycles. The number of benzene rings is 1. The summed E-state index contributed by atoms with van der Waals surface area (Å²) in [5.41, 5.74) is 4.36. The van der Waals surface area contributed by atoms with Gasteiger partial charge in [-0.25, -0.2) is 9.97 Å². The van der Waals surface area contributed by atoms with Crippen molar-refractivity contribution in [2.45, 2.75) is 51.1 Å². The van der Waals surface area contributed by atoms with Gasteiger partial charge in [-0.2, -0.15) is 0 Å². The zero-order valence-electron chi connectivity index (χ0n) is 20.3. The number of rotatable bonds is 4. The van der Waals surface area contributed by atoms with Crippen LogP contribution in [-0.4, -0.2) is 73.0 Å². The molecule has 1 aromatic carbocycles. The van der Waals surface area contributed by atoms with Crippen LogP contribution in [0.1, 0.15) is 65.6 Å². The Kier molecular flexibility index (Phi) is 6.23. The molecular weight excluding hydrogens is 412 g/mol. The van der Waals surface area contributed by atoms with Crippen molar-refractivity contribution in [3.8, 4) is 0 Å². The van der Waals surface area contributed by atoms with Gasteiger partial charge in [0.1, 0.15) is 5.82 Å². The molecule has 0 radical (unpaired) electrons. The van der Waals surface area contributed by atoms with E-state index in [0.29, 0.717) is 0 Å². The molecule has 3 aliphatic heterocycles. The molecular formula is C26H36N6O. The van der Waals surface area contributed by atoms with Gasteiger partial charge in [-0.3, -0.25) is 4.79 Å². The van der Waals surface area contributed by atoms with E-state index in [1.807, 2.05) is 31.1 Å². The van der Waals surface area contributed by atoms with Crippen molar-refractivity contribution in [3.63, 3.8) is 0 Å². The highest BCUT2D eigenvalue weighted by Crippen LogP contribution is 2.34. The number of hydrogen-bond acceptors (Lipinski definition) is 6. The molecule has 7 nitrogen and oxygen atoms in total. The van der Waals surface area contributed by atoms with Crippen LogP contribution in [0.5, 0.6) is 0 Å². The number of aromatic nitrogens is 2. The van der Waals surface area contributed by atoms with Crippen molar-refractivity contribution < 1.29 is 4.79 Å². The summed E-state index contributed by atoms with van der Waals surface area (Å²) in [6.45, 7) is 4.87. The van der Waals surface area contributed by atoms with E-state index in [1.54, 1.807) is 0 Å². The number of likely N-dealkylation sites (N-methyl/N-ethyl adjacent to an activating group) is 1. The maximum atomic E-state index is 13.6. The summed E-state index contributed by atoms with van der Waals surface area (Å²) in [7, 11) is 6.24. The standard InChI is InChI=1S/C26H36N6O/c1-29(2)25-21-18-30(3)17-13-22(21)27-24(28-25)23-8-4-5-16-32(23)26(33)19-9-11-20(12-10-19)31-14-6-7-15-31/h9-12,23H,4-8,13-18H2,1-3H3. The second-order valence-corrected chi connectivity index (χ2v) is 9.96. The zero-order valence-corrected chi connectivity index (χ0v) is 20.3. The lowest BCUT2D eigenvalue weighted by molar-refractivity contribution is 0.0599. The van der Waals surface area contributed by atoms with E-state index in [0.717, 1.165) is 81.3 Å². The summed E-state index contributed by atoms with van der Waals surface area (Å²) in [5, 5.41) is 0. The maximum Gasteiger partial charge on any atom is 0.254 e. The number of amides is 1. The van der Waals surface area contributed by atoms with Crippen LogP contribution in [0.4, 0.5) is 11.5 Å². The molecule has 4 heterocycles. The molecule has 2 saturated heterocycles.